The van der Waals surface area contributed by atoms with E-state index in [1.54, 1.807) is 19.5 Å². The number of aromatic nitrogens is 2. The third-order valence-corrected chi connectivity index (χ3v) is 9.17. The molecule has 36 heavy (non-hydrogen) atoms. The second kappa shape index (κ2) is 10.5. The minimum Gasteiger partial charge on any atom is -0.338 e. The molecule has 2 heterocycles. The van der Waals surface area contributed by atoms with Gasteiger partial charge in [-0.2, -0.15) is 4.98 Å². The maximum atomic E-state index is 12.8. The van der Waals surface area contributed by atoms with Crippen molar-refractivity contribution in [2.24, 2.45) is 0 Å². The van der Waals surface area contributed by atoms with Crippen LogP contribution in [0.5, 0.6) is 0 Å². The Morgan fingerprint density at radius 3 is 2.50 bits per heavy atom. The largest absolute Gasteiger partial charge is 0.338 e. The molecule has 3 aromatic rings. The summed E-state index contributed by atoms with van der Waals surface area (Å²) in [5, 5.41) is 7.85. The van der Waals surface area contributed by atoms with E-state index in [1.807, 2.05) is 25.1 Å². The van der Waals surface area contributed by atoms with Crippen molar-refractivity contribution in [1.29, 1.82) is 0 Å². The first kappa shape index (κ1) is 25.3. The van der Waals surface area contributed by atoms with Gasteiger partial charge in [-0.3, -0.25) is 0 Å². The van der Waals surface area contributed by atoms with Crippen LogP contribution in [0.15, 0.2) is 42.6 Å². The molecule has 1 saturated heterocycles. The molecular formula is C28H35ClN5OP. The van der Waals surface area contributed by atoms with Crippen molar-refractivity contribution in [3.63, 3.8) is 0 Å². The lowest BCUT2D eigenvalue weighted by Gasteiger charge is -2.25. The predicted molar refractivity (Wildman–Crippen MR) is 152 cm³/mol. The minimum atomic E-state index is -2.49. The molecule has 2 aliphatic rings. The highest BCUT2D eigenvalue weighted by Crippen LogP contribution is 2.39. The third kappa shape index (κ3) is 5.77. The van der Waals surface area contributed by atoms with Crippen LogP contribution in [0.1, 0.15) is 42.4 Å². The number of benzene rings is 2. The van der Waals surface area contributed by atoms with Gasteiger partial charge >= 0.3 is 0 Å². The van der Waals surface area contributed by atoms with E-state index >= 15 is 0 Å². The molecule has 1 unspecified atom stereocenters. The van der Waals surface area contributed by atoms with E-state index in [1.165, 1.54) is 49.9 Å². The molecule has 1 atom stereocenters. The summed E-state index contributed by atoms with van der Waals surface area (Å²) in [6, 6.07) is 13.2. The quantitative estimate of drug-likeness (QED) is 0.283. The normalized spacial score (nSPS) is 18.5. The summed E-state index contributed by atoms with van der Waals surface area (Å²) < 4.78 is 12.8. The zero-order valence-electron chi connectivity index (χ0n) is 21.4. The Labute approximate surface area is 219 Å². The molecule has 1 aromatic heterocycles. The van der Waals surface area contributed by atoms with Gasteiger partial charge in [-0.05, 0) is 113 Å². The second-order valence-corrected chi connectivity index (χ2v) is 14.1. The van der Waals surface area contributed by atoms with Crippen LogP contribution in [0.3, 0.4) is 0 Å². The smallest absolute Gasteiger partial charge is 0.229 e. The SMILES string of the molecule is Cc1ccc(P(C)(C)=O)c(Nc2nc(Nc3ccc4c(c3)CCC(N3CCCC3)CC4)ncc2Cl)c1. The van der Waals surface area contributed by atoms with Crippen LogP contribution >= 0.6 is 18.7 Å². The molecule has 1 aliphatic carbocycles. The average molecular weight is 524 g/mol. The summed E-state index contributed by atoms with van der Waals surface area (Å²) in [5.41, 5.74) is 5.67. The number of anilines is 4. The van der Waals surface area contributed by atoms with Gasteiger partial charge in [-0.25, -0.2) is 4.98 Å². The second-order valence-electron chi connectivity index (χ2n) is 10.5. The maximum absolute atomic E-state index is 12.8. The first-order chi connectivity index (χ1) is 17.3. The van der Waals surface area contributed by atoms with Gasteiger partial charge in [0.05, 0.1) is 11.9 Å². The molecule has 0 radical (unpaired) electrons. The Morgan fingerprint density at radius 1 is 1.00 bits per heavy atom. The molecule has 2 N–H and O–H groups in total. The summed E-state index contributed by atoms with van der Waals surface area (Å²) in [7, 11) is -2.49. The molecule has 8 heteroatoms. The van der Waals surface area contributed by atoms with Gasteiger partial charge in [-0.1, -0.05) is 23.7 Å². The monoisotopic (exact) mass is 523 g/mol. The minimum absolute atomic E-state index is 0.407. The molecule has 1 fully saturated rings. The van der Waals surface area contributed by atoms with E-state index in [9.17, 15) is 4.57 Å². The predicted octanol–water partition coefficient (Wildman–Crippen LogP) is 6.52. The van der Waals surface area contributed by atoms with Gasteiger partial charge in [0.15, 0.2) is 5.82 Å². The van der Waals surface area contributed by atoms with Crippen LogP contribution in [0.4, 0.5) is 23.1 Å². The fraction of sp³-hybridized carbons (Fsp3) is 0.429. The maximum Gasteiger partial charge on any atom is 0.229 e. The number of halogens is 1. The summed E-state index contributed by atoms with van der Waals surface area (Å²) in [4.78, 5) is 11.7. The van der Waals surface area contributed by atoms with Crippen molar-refractivity contribution in [3.8, 4) is 0 Å². The van der Waals surface area contributed by atoms with Crippen molar-refractivity contribution >= 4 is 47.2 Å². The van der Waals surface area contributed by atoms with E-state index in [0.717, 1.165) is 35.1 Å². The van der Waals surface area contributed by atoms with Crippen molar-refractivity contribution in [2.45, 2.75) is 51.5 Å². The highest BCUT2D eigenvalue weighted by Gasteiger charge is 2.24. The number of hydrogen-bond acceptors (Lipinski definition) is 6. The molecule has 0 amide bonds. The molecule has 5 rings (SSSR count). The molecule has 6 nitrogen and oxygen atoms in total. The lowest BCUT2D eigenvalue weighted by atomic mass is 10.0. The molecule has 190 valence electrons. The average Bonchev–Trinajstić information content (AvgIpc) is 3.28. The number of rotatable bonds is 6. The fourth-order valence-corrected chi connectivity index (χ4v) is 6.70. The Balaban J connectivity index is 1.34. The van der Waals surface area contributed by atoms with Crippen LogP contribution in [-0.2, 0) is 17.4 Å². The Morgan fingerprint density at radius 2 is 1.75 bits per heavy atom. The summed E-state index contributed by atoms with van der Waals surface area (Å²) in [5.74, 6) is 0.952. The van der Waals surface area contributed by atoms with Gasteiger partial charge in [0.1, 0.15) is 12.2 Å². The van der Waals surface area contributed by atoms with Gasteiger partial charge in [-0.15, -0.1) is 0 Å². The Kier molecular flexibility index (Phi) is 7.39. The van der Waals surface area contributed by atoms with Crippen LogP contribution in [-0.4, -0.2) is 47.3 Å². The Hall–Kier alpha value is -2.40. The number of hydrogen-bond donors (Lipinski definition) is 2. The fourth-order valence-electron chi connectivity index (χ4n) is 5.43. The molecule has 0 bridgehead atoms. The van der Waals surface area contributed by atoms with E-state index in [2.05, 4.69) is 43.7 Å². The molecule has 2 aromatic carbocycles. The van der Waals surface area contributed by atoms with Crippen molar-refractivity contribution in [2.75, 3.05) is 37.1 Å². The first-order valence-corrected chi connectivity index (χ1v) is 15.8. The van der Waals surface area contributed by atoms with Gasteiger partial charge < -0.3 is 20.1 Å². The lowest BCUT2D eigenvalue weighted by molar-refractivity contribution is 0.222. The molecular weight excluding hydrogens is 489 g/mol. The van der Waals surface area contributed by atoms with Crippen molar-refractivity contribution < 1.29 is 4.57 Å². The Bertz CT molecular complexity index is 1300. The van der Waals surface area contributed by atoms with Crippen LogP contribution in [0.2, 0.25) is 5.02 Å². The van der Waals surface area contributed by atoms with Crippen LogP contribution < -0.4 is 15.9 Å². The van der Waals surface area contributed by atoms with Crippen molar-refractivity contribution in [1.82, 2.24) is 14.9 Å². The summed E-state index contributed by atoms with van der Waals surface area (Å²) >= 11 is 6.45. The number of nitrogens with zero attached hydrogens (tertiary/aromatic N) is 3. The zero-order valence-corrected chi connectivity index (χ0v) is 23.0. The standard InChI is InChI=1S/C28H35ClN5OP/c1-19-6-13-26(36(2,3)35)25(16-19)32-27-24(29)18-30-28(33-27)31-22-10-7-20-8-11-23(12-9-21(20)17-22)34-14-4-5-15-34/h6-7,10,13,16-18,23H,4-5,8-9,11-12,14-15H2,1-3H3,(H2,30,31,32,33). The third-order valence-electron chi connectivity index (χ3n) is 7.34. The van der Waals surface area contributed by atoms with E-state index in [4.69, 9.17) is 11.6 Å². The number of aryl methyl sites for hydroxylation is 3. The highest BCUT2D eigenvalue weighted by atomic mass is 35.5. The summed E-state index contributed by atoms with van der Waals surface area (Å²) in [6.45, 7) is 8.06. The molecule has 0 spiro atoms. The molecule has 0 saturated carbocycles. The lowest BCUT2D eigenvalue weighted by Crippen LogP contribution is -2.32. The van der Waals surface area contributed by atoms with Crippen molar-refractivity contribution in [3.05, 3.63) is 64.3 Å². The van der Waals surface area contributed by atoms with E-state index in [0.29, 0.717) is 22.8 Å². The number of likely N-dealkylation sites (tertiary alicyclic amines) is 1. The number of fused-ring (bicyclic) bond motifs is 1. The van der Waals surface area contributed by atoms with E-state index < -0.39 is 7.14 Å². The topological polar surface area (TPSA) is 70.2 Å². The van der Waals surface area contributed by atoms with Gasteiger partial charge in [0, 0.05) is 17.0 Å². The molecule has 1 aliphatic heterocycles. The van der Waals surface area contributed by atoms with Gasteiger partial charge in [0.25, 0.3) is 0 Å². The van der Waals surface area contributed by atoms with E-state index in [-0.39, 0.29) is 0 Å². The summed E-state index contributed by atoms with van der Waals surface area (Å²) in [6.07, 6.45) is 8.99. The zero-order chi connectivity index (χ0) is 25.3. The number of nitrogens with one attached hydrogen (secondary N) is 2. The van der Waals surface area contributed by atoms with Crippen LogP contribution in [0.25, 0.3) is 0 Å². The highest BCUT2D eigenvalue weighted by molar-refractivity contribution is 7.70. The van der Waals surface area contributed by atoms with Crippen LogP contribution in [0, 0.1) is 6.92 Å². The van der Waals surface area contributed by atoms with Gasteiger partial charge in [0.2, 0.25) is 5.95 Å². The first-order valence-electron chi connectivity index (χ1n) is 12.8.